The number of hydrogen-bond acceptors (Lipinski definition) is 4. The minimum Gasteiger partial charge on any atom is -0.493 e. The summed E-state index contributed by atoms with van der Waals surface area (Å²) in [4.78, 5) is 13.2. The van der Waals surface area contributed by atoms with Gasteiger partial charge in [0.15, 0.2) is 5.69 Å². The topological polar surface area (TPSA) is 76.4 Å². The fourth-order valence-corrected chi connectivity index (χ4v) is 4.84. The highest BCUT2D eigenvalue weighted by Gasteiger charge is 2.28. The zero-order chi connectivity index (χ0) is 24.9. The van der Waals surface area contributed by atoms with Crippen LogP contribution in [0, 0.1) is 6.92 Å². The van der Waals surface area contributed by atoms with Gasteiger partial charge in [-0.25, -0.2) is 4.68 Å². The Bertz CT molecular complexity index is 1180. The number of hydrogen-bond donors (Lipinski definition) is 2. The molecule has 9 heteroatoms. The van der Waals surface area contributed by atoms with Gasteiger partial charge in [-0.1, -0.05) is 36.0 Å². The van der Waals surface area contributed by atoms with Crippen LogP contribution in [0.2, 0.25) is 10.0 Å². The minimum absolute atomic E-state index is 0.257. The second kappa shape index (κ2) is 11.4. The van der Waals surface area contributed by atoms with E-state index in [4.69, 9.17) is 27.9 Å². The molecule has 1 aliphatic carbocycles. The van der Waals surface area contributed by atoms with Crippen LogP contribution < -0.4 is 10.1 Å². The van der Waals surface area contributed by atoms with E-state index in [1.807, 2.05) is 19.1 Å². The van der Waals surface area contributed by atoms with Crippen molar-refractivity contribution in [1.29, 1.82) is 0 Å². The number of amides is 1. The SMILES string of the molecule is Cc1c(C(=O)N[C@@H]2CCCCC2O)nn(-c2ccc(Cl)cc2Cl)c1-c1ccc(OCCCF)cc1. The van der Waals surface area contributed by atoms with Gasteiger partial charge in [-0.05, 0) is 62.2 Å². The monoisotopic (exact) mass is 519 g/mol. The third-order valence-corrected chi connectivity index (χ3v) is 6.73. The molecule has 1 saturated carbocycles. The lowest BCUT2D eigenvalue weighted by atomic mass is 9.92. The van der Waals surface area contributed by atoms with E-state index in [2.05, 4.69) is 10.4 Å². The largest absolute Gasteiger partial charge is 0.493 e. The first-order chi connectivity index (χ1) is 16.9. The van der Waals surface area contributed by atoms with E-state index < -0.39 is 12.8 Å². The summed E-state index contributed by atoms with van der Waals surface area (Å²) >= 11 is 12.6. The molecule has 2 N–H and O–H groups in total. The van der Waals surface area contributed by atoms with Gasteiger partial charge < -0.3 is 15.2 Å². The molecule has 1 fully saturated rings. The lowest BCUT2D eigenvalue weighted by Crippen LogP contribution is -2.45. The number of carbonyl (C=O) groups excluding carboxylic acids is 1. The molecule has 0 bridgehead atoms. The fraction of sp³-hybridized carbons (Fsp3) is 0.385. The summed E-state index contributed by atoms with van der Waals surface area (Å²) < 4.78 is 19.6. The quantitative estimate of drug-likeness (QED) is 0.361. The van der Waals surface area contributed by atoms with Gasteiger partial charge in [0.1, 0.15) is 5.75 Å². The Morgan fingerprint density at radius 2 is 1.94 bits per heavy atom. The number of aliphatic hydroxyl groups is 1. The van der Waals surface area contributed by atoms with Crippen molar-refractivity contribution in [3.05, 3.63) is 63.8 Å². The first-order valence-corrected chi connectivity index (χ1v) is 12.5. The summed E-state index contributed by atoms with van der Waals surface area (Å²) in [6.45, 7) is 1.70. The Labute approximate surface area is 214 Å². The summed E-state index contributed by atoms with van der Waals surface area (Å²) in [5.41, 5.74) is 3.00. The number of nitrogens with one attached hydrogen (secondary N) is 1. The summed E-state index contributed by atoms with van der Waals surface area (Å²) in [5.74, 6) is 0.282. The number of ether oxygens (including phenoxy) is 1. The van der Waals surface area contributed by atoms with Crippen molar-refractivity contribution < 1.29 is 19.0 Å². The predicted octanol–water partition coefficient (Wildman–Crippen LogP) is 5.93. The molecule has 1 aromatic heterocycles. The molecular weight excluding hydrogens is 492 g/mol. The van der Waals surface area contributed by atoms with Crippen LogP contribution in [0.4, 0.5) is 4.39 Å². The molecule has 1 heterocycles. The molecule has 3 aromatic rings. The van der Waals surface area contributed by atoms with Crippen LogP contribution in [0.5, 0.6) is 5.75 Å². The first-order valence-electron chi connectivity index (χ1n) is 11.7. The first kappa shape index (κ1) is 25.5. The Balaban J connectivity index is 1.72. The van der Waals surface area contributed by atoms with Gasteiger partial charge in [0.25, 0.3) is 5.91 Å². The van der Waals surface area contributed by atoms with E-state index in [9.17, 15) is 14.3 Å². The van der Waals surface area contributed by atoms with E-state index in [-0.39, 0.29) is 17.6 Å². The van der Waals surface area contributed by atoms with Crippen LogP contribution >= 0.6 is 23.2 Å². The highest BCUT2D eigenvalue weighted by Crippen LogP contribution is 2.33. The van der Waals surface area contributed by atoms with E-state index in [0.29, 0.717) is 52.2 Å². The van der Waals surface area contributed by atoms with E-state index in [0.717, 1.165) is 24.8 Å². The minimum atomic E-state index is -0.565. The van der Waals surface area contributed by atoms with Crippen LogP contribution in [0.3, 0.4) is 0 Å². The van der Waals surface area contributed by atoms with Gasteiger partial charge in [0.05, 0.1) is 41.8 Å². The number of halogens is 3. The Hall–Kier alpha value is -2.61. The Kier molecular flexibility index (Phi) is 8.31. The molecule has 0 radical (unpaired) electrons. The fourth-order valence-electron chi connectivity index (χ4n) is 4.35. The number of benzene rings is 2. The molecule has 1 unspecified atom stereocenters. The summed E-state index contributed by atoms with van der Waals surface area (Å²) in [6, 6.07) is 12.1. The molecule has 35 heavy (non-hydrogen) atoms. The van der Waals surface area contributed by atoms with Crippen LogP contribution in [0.25, 0.3) is 16.9 Å². The Morgan fingerprint density at radius 1 is 1.20 bits per heavy atom. The van der Waals surface area contributed by atoms with Crippen LogP contribution in [-0.2, 0) is 0 Å². The molecule has 186 valence electrons. The lowest BCUT2D eigenvalue weighted by molar-refractivity contribution is 0.0713. The summed E-state index contributed by atoms with van der Waals surface area (Å²) in [7, 11) is 0. The van der Waals surface area contributed by atoms with Crippen molar-refractivity contribution >= 4 is 29.1 Å². The van der Waals surface area contributed by atoms with E-state index in [1.165, 1.54) is 0 Å². The van der Waals surface area contributed by atoms with Crippen molar-refractivity contribution in [2.24, 2.45) is 0 Å². The van der Waals surface area contributed by atoms with Crippen LogP contribution in [0.1, 0.15) is 48.2 Å². The number of alkyl halides is 1. The number of aromatic nitrogens is 2. The standard InChI is InChI=1S/C26H28Cl2FN3O3/c1-16-24(26(34)30-21-5-2-3-6-23(21)33)31-32(22-12-9-18(27)15-20(22)28)25(16)17-7-10-19(11-8-17)35-14-4-13-29/h7-12,15,21,23,33H,2-6,13-14H2,1H3,(H,30,34)/t21-,23?/m1/s1. The molecular formula is C26H28Cl2FN3O3. The van der Waals surface area contributed by atoms with Crippen molar-refractivity contribution in [3.8, 4) is 22.7 Å². The van der Waals surface area contributed by atoms with Crippen LogP contribution in [-0.4, -0.2) is 46.2 Å². The smallest absolute Gasteiger partial charge is 0.272 e. The lowest BCUT2D eigenvalue weighted by Gasteiger charge is -2.28. The summed E-state index contributed by atoms with van der Waals surface area (Å²) in [5, 5.41) is 18.8. The second-order valence-electron chi connectivity index (χ2n) is 8.68. The molecule has 4 rings (SSSR count). The van der Waals surface area contributed by atoms with Gasteiger partial charge in [0.2, 0.25) is 0 Å². The zero-order valence-electron chi connectivity index (χ0n) is 19.4. The molecule has 0 aliphatic heterocycles. The highest BCUT2D eigenvalue weighted by molar-refractivity contribution is 6.35. The number of carbonyl (C=O) groups is 1. The molecule has 1 aliphatic rings. The molecule has 2 atom stereocenters. The average molecular weight is 520 g/mol. The van der Waals surface area contributed by atoms with Crippen molar-refractivity contribution in [1.82, 2.24) is 15.1 Å². The maximum atomic E-state index is 13.2. The van der Waals surface area contributed by atoms with Crippen molar-refractivity contribution in [3.63, 3.8) is 0 Å². The van der Waals surface area contributed by atoms with Gasteiger partial charge in [-0.3, -0.25) is 9.18 Å². The Morgan fingerprint density at radius 3 is 2.63 bits per heavy atom. The molecule has 0 spiro atoms. The van der Waals surface area contributed by atoms with Crippen molar-refractivity contribution in [2.45, 2.75) is 51.2 Å². The van der Waals surface area contributed by atoms with Gasteiger partial charge in [0, 0.05) is 22.6 Å². The average Bonchev–Trinajstić information content (AvgIpc) is 3.18. The molecule has 1 amide bonds. The third-order valence-electron chi connectivity index (χ3n) is 6.20. The van der Waals surface area contributed by atoms with Gasteiger partial charge >= 0.3 is 0 Å². The van der Waals surface area contributed by atoms with Gasteiger partial charge in [-0.2, -0.15) is 5.10 Å². The maximum Gasteiger partial charge on any atom is 0.272 e. The third kappa shape index (κ3) is 5.80. The number of nitrogens with zero attached hydrogens (tertiary/aromatic N) is 2. The van der Waals surface area contributed by atoms with Gasteiger partial charge in [-0.15, -0.1) is 0 Å². The summed E-state index contributed by atoms with van der Waals surface area (Å²) in [6.07, 6.45) is 3.08. The maximum absolute atomic E-state index is 13.2. The molecule has 6 nitrogen and oxygen atoms in total. The number of aliphatic hydroxyl groups excluding tert-OH is 1. The van der Waals surface area contributed by atoms with E-state index >= 15 is 0 Å². The van der Waals surface area contributed by atoms with Crippen LogP contribution in [0.15, 0.2) is 42.5 Å². The predicted molar refractivity (Wildman–Crippen MR) is 136 cm³/mol. The highest BCUT2D eigenvalue weighted by atomic mass is 35.5. The normalized spacial score (nSPS) is 17.9. The zero-order valence-corrected chi connectivity index (χ0v) is 20.9. The molecule has 2 aromatic carbocycles. The molecule has 0 saturated heterocycles. The second-order valence-corrected chi connectivity index (χ2v) is 9.52. The van der Waals surface area contributed by atoms with E-state index in [1.54, 1.807) is 35.0 Å². The van der Waals surface area contributed by atoms with Crippen molar-refractivity contribution in [2.75, 3.05) is 13.3 Å². The number of rotatable bonds is 8.